The Morgan fingerprint density at radius 1 is 1.17 bits per heavy atom. The first-order chi connectivity index (χ1) is 14.3. The van der Waals surface area contributed by atoms with Crippen molar-refractivity contribution in [2.75, 3.05) is 6.54 Å². The molecular weight excluding hydrogens is 370 g/mol. The highest BCUT2D eigenvalue weighted by molar-refractivity contribution is 5.38. The molecule has 0 bridgehead atoms. The highest BCUT2D eigenvalue weighted by Gasteiger charge is 2.60. The molecule has 2 saturated carbocycles. The van der Waals surface area contributed by atoms with Gasteiger partial charge in [0.15, 0.2) is 0 Å². The van der Waals surface area contributed by atoms with E-state index in [0.717, 1.165) is 43.1 Å². The highest BCUT2D eigenvalue weighted by atomic mass is 16.5. The first-order valence-corrected chi connectivity index (χ1v) is 12.8. The zero-order valence-corrected chi connectivity index (χ0v) is 19.4. The molecule has 166 valence electrons. The Hall–Kier alpha value is -0.640. The molecule has 2 saturated heterocycles. The van der Waals surface area contributed by atoms with Crippen molar-refractivity contribution in [3.05, 3.63) is 22.8 Å². The molecule has 0 amide bonds. The fraction of sp³-hybridized carbons (Fsp3) is 0.852. The van der Waals surface area contributed by atoms with Crippen molar-refractivity contribution in [3.8, 4) is 0 Å². The lowest BCUT2D eigenvalue weighted by Gasteiger charge is -2.49. The van der Waals surface area contributed by atoms with E-state index in [1.165, 1.54) is 38.5 Å². The lowest BCUT2D eigenvalue weighted by atomic mass is 9.56. The summed E-state index contributed by atoms with van der Waals surface area (Å²) in [4.78, 5) is 0. The summed E-state index contributed by atoms with van der Waals surface area (Å²) in [6.07, 6.45) is 12.2. The molecule has 2 N–H and O–H groups in total. The van der Waals surface area contributed by atoms with Gasteiger partial charge in [-0.05, 0) is 99.5 Å². The molecule has 0 radical (unpaired) electrons. The number of hydrogen-bond donors (Lipinski definition) is 2. The number of rotatable bonds is 0. The number of aliphatic hydroxyl groups is 1. The molecule has 10 atom stereocenters. The van der Waals surface area contributed by atoms with E-state index in [-0.39, 0.29) is 11.7 Å². The van der Waals surface area contributed by atoms with Gasteiger partial charge in [0, 0.05) is 12.0 Å². The van der Waals surface area contributed by atoms with Crippen LogP contribution in [0.1, 0.15) is 79.1 Å². The molecule has 3 nitrogen and oxygen atoms in total. The van der Waals surface area contributed by atoms with Crippen LogP contribution in [0.4, 0.5) is 0 Å². The molecule has 6 aliphatic rings. The predicted octanol–water partition coefficient (Wildman–Crippen LogP) is 5.00. The third-order valence-corrected chi connectivity index (χ3v) is 10.9. The lowest BCUT2D eigenvalue weighted by molar-refractivity contribution is -0.0549. The first kappa shape index (κ1) is 20.0. The summed E-state index contributed by atoms with van der Waals surface area (Å²) in [7, 11) is 0. The van der Waals surface area contributed by atoms with Gasteiger partial charge in [0.1, 0.15) is 0 Å². The van der Waals surface area contributed by atoms with Crippen LogP contribution in [0.25, 0.3) is 0 Å². The number of fused-ring (bicyclic) bond motifs is 6. The largest absolute Gasteiger partial charge is 0.393 e. The van der Waals surface area contributed by atoms with Gasteiger partial charge in [0.05, 0.1) is 17.8 Å². The zero-order chi connectivity index (χ0) is 20.8. The van der Waals surface area contributed by atoms with Gasteiger partial charge in [-0.3, -0.25) is 0 Å². The topological polar surface area (TPSA) is 41.5 Å². The molecule has 0 aromatic rings. The number of allylic oxidation sites excluding steroid dienone is 2. The third-order valence-electron chi connectivity index (χ3n) is 10.9. The van der Waals surface area contributed by atoms with Crippen LogP contribution in [0, 0.1) is 35.0 Å². The van der Waals surface area contributed by atoms with Crippen LogP contribution >= 0.6 is 0 Å². The van der Waals surface area contributed by atoms with Gasteiger partial charge in [0.2, 0.25) is 0 Å². The molecule has 30 heavy (non-hydrogen) atoms. The maximum atomic E-state index is 10.3. The average molecular weight is 412 g/mol. The molecule has 6 rings (SSSR count). The van der Waals surface area contributed by atoms with Gasteiger partial charge in [-0.1, -0.05) is 38.0 Å². The van der Waals surface area contributed by atoms with Crippen molar-refractivity contribution in [2.45, 2.75) is 103 Å². The summed E-state index contributed by atoms with van der Waals surface area (Å²) < 4.78 is 7.03. The minimum Gasteiger partial charge on any atom is -0.393 e. The van der Waals surface area contributed by atoms with Gasteiger partial charge in [-0.25, -0.2) is 0 Å². The molecular formula is C27H41NO2. The fourth-order valence-corrected chi connectivity index (χ4v) is 9.09. The van der Waals surface area contributed by atoms with Crippen molar-refractivity contribution >= 4 is 0 Å². The number of nitrogens with one attached hydrogen (secondary N) is 1. The minimum atomic E-state index is -0.111. The molecule has 0 unspecified atom stereocenters. The van der Waals surface area contributed by atoms with Crippen LogP contribution in [-0.4, -0.2) is 35.5 Å². The molecule has 2 heterocycles. The van der Waals surface area contributed by atoms with Crippen LogP contribution in [0.2, 0.25) is 0 Å². The van der Waals surface area contributed by atoms with Crippen LogP contribution < -0.4 is 5.32 Å². The number of piperidine rings is 1. The Bertz CT molecular complexity index is 801. The van der Waals surface area contributed by atoms with E-state index in [1.807, 2.05) is 0 Å². The van der Waals surface area contributed by atoms with Crippen LogP contribution in [-0.2, 0) is 4.74 Å². The molecule has 0 aromatic carbocycles. The van der Waals surface area contributed by atoms with E-state index in [0.29, 0.717) is 23.5 Å². The van der Waals surface area contributed by atoms with E-state index in [1.54, 1.807) is 16.7 Å². The second-order valence-electron chi connectivity index (χ2n) is 12.2. The summed E-state index contributed by atoms with van der Waals surface area (Å²) in [6, 6.07) is 0.530. The van der Waals surface area contributed by atoms with Gasteiger partial charge in [0.25, 0.3) is 0 Å². The first-order valence-electron chi connectivity index (χ1n) is 12.8. The van der Waals surface area contributed by atoms with Crippen molar-refractivity contribution in [3.63, 3.8) is 0 Å². The second-order valence-corrected chi connectivity index (χ2v) is 12.2. The van der Waals surface area contributed by atoms with E-state index in [2.05, 4.69) is 39.1 Å². The smallest absolute Gasteiger partial charge is 0.0937 e. The summed E-state index contributed by atoms with van der Waals surface area (Å²) in [5.41, 5.74) is 5.25. The van der Waals surface area contributed by atoms with Crippen LogP contribution in [0.15, 0.2) is 22.8 Å². The number of aliphatic hydroxyl groups excluding tert-OH is 1. The monoisotopic (exact) mass is 411 g/mol. The van der Waals surface area contributed by atoms with Crippen LogP contribution in [0.5, 0.6) is 0 Å². The summed E-state index contributed by atoms with van der Waals surface area (Å²) in [5, 5.41) is 14.1. The summed E-state index contributed by atoms with van der Waals surface area (Å²) in [6.45, 7) is 10.9. The average Bonchev–Trinajstić information content (AvgIpc) is 3.23. The number of hydrogen-bond acceptors (Lipinski definition) is 3. The Balaban J connectivity index is 1.34. The molecule has 4 aliphatic carbocycles. The number of ether oxygens (including phenoxy) is 1. The Kier molecular flexibility index (Phi) is 4.46. The summed E-state index contributed by atoms with van der Waals surface area (Å²) in [5.74, 6) is 3.64. The van der Waals surface area contributed by atoms with Crippen molar-refractivity contribution in [1.29, 1.82) is 0 Å². The summed E-state index contributed by atoms with van der Waals surface area (Å²) >= 11 is 0. The van der Waals surface area contributed by atoms with E-state index in [4.69, 9.17) is 4.74 Å². The quantitative estimate of drug-likeness (QED) is 0.551. The van der Waals surface area contributed by atoms with E-state index < -0.39 is 0 Å². The normalized spacial score (nSPS) is 55.0. The van der Waals surface area contributed by atoms with Crippen molar-refractivity contribution in [1.82, 2.24) is 5.32 Å². The Morgan fingerprint density at radius 3 is 2.83 bits per heavy atom. The van der Waals surface area contributed by atoms with Crippen LogP contribution in [0.3, 0.4) is 0 Å². The van der Waals surface area contributed by atoms with Crippen molar-refractivity contribution in [2.24, 2.45) is 35.0 Å². The lowest BCUT2D eigenvalue weighted by Crippen LogP contribution is -2.49. The van der Waals surface area contributed by atoms with Gasteiger partial charge >= 0.3 is 0 Å². The van der Waals surface area contributed by atoms with Gasteiger partial charge < -0.3 is 15.2 Å². The zero-order valence-electron chi connectivity index (χ0n) is 19.4. The minimum absolute atomic E-state index is 0.0222. The third kappa shape index (κ3) is 2.55. The maximum absolute atomic E-state index is 10.3. The predicted molar refractivity (Wildman–Crippen MR) is 120 cm³/mol. The molecule has 1 spiro atoms. The second kappa shape index (κ2) is 6.68. The standard InChI is InChI=1S/C27H41NO2/c1-15-11-24-25(28-14-15)17(3)27(30-24)10-8-20-21-6-5-18-12-19(29)7-9-26(18,4)23(21)13-22(20)16(27)2/h5,15,17,19-21,23-25,28-29H,6-14H2,1-4H3/t15-,17+,19+,20-,21+,23+,24+,25+,26-,27-/m0/s1. The molecule has 4 fully saturated rings. The van der Waals surface area contributed by atoms with E-state index >= 15 is 0 Å². The van der Waals surface area contributed by atoms with Gasteiger partial charge in [-0.2, -0.15) is 0 Å². The SMILES string of the molecule is CC1=C2C[C@@H]3[C@H](CC=C4C[C@H](O)CC[C@@]43C)[C@@H]2CC[C@]12O[C@@H]1C[C@H](C)CN[C@@H]1[C@H]2C. The van der Waals surface area contributed by atoms with Crippen molar-refractivity contribution < 1.29 is 9.84 Å². The molecule has 0 aromatic heterocycles. The van der Waals surface area contributed by atoms with Gasteiger partial charge in [-0.15, -0.1) is 0 Å². The van der Waals surface area contributed by atoms with E-state index in [9.17, 15) is 5.11 Å². The Labute approximate surface area is 182 Å². The molecule has 3 heteroatoms. The molecule has 2 aliphatic heterocycles. The fourth-order valence-electron chi connectivity index (χ4n) is 9.09. The maximum Gasteiger partial charge on any atom is 0.0937 e. The Morgan fingerprint density at radius 2 is 2.00 bits per heavy atom. The highest BCUT2D eigenvalue weighted by Crippen LogP contribution is 2.65.